The lowest BCUT2D eigenvalue weighted by Crippen LogP contribution is -2.32. The van der Waals surface area contributed by atoms with E-state index >= 15 is 0 Å². The summed E-state index contributed by atoms with van der Waals surface area (Å²) < 4.78 is 7.16. The number of fused-ring (bicyclic) bond motifs is 1. The molecule has 16 heavy (non-hydrogen) atoms. The van der Waals surface area contributed by atoms with E-state index in [4.69, 9.17) is 14.8 Å². The number of hydrogen-bond acceptors (Lipinski definition) is 4. The molecule has 1 aliphatic heterocycles. The lowest BCUT2D eigenvalue weighted by atomic mass is 9.80. The SMILES string of the molecule is OB(O)c1ccc2ncn(C3COC3)c2c1. The van der Waals surface area contributed by atoms with Gasteiger partial charge in [0.05, 0.1) is 36.6 Å². The monoisotopic (exact) mass is 218 g/mol. The normalized spacial score (nSPS) is 16.4. The van der Waals surface area contributed by atoms with Crippen molar-refractivity contribution < 1.29 is 14.8 Å². The Bertz CT molecular complexity index is 522. The second kappa shape index (κ2) is 3.59. The Hall–Kier alpha value is -1.37. The molecule has 0 spiro atoms. The van der Waals surface area contributed by atoms with E-state index in [0.717, 1.165) is 11.0 Å². The molecule has 0 atom stereocenters. The van der Waals surface area contributed by atoms with E-state index in [-0.39, 0.29) is 0 Å². The van der Waals surface area contributed by atoms with Gasteiger partial charge in [0.25, 0.3) is 0 Å². The van der Waals surface area contributed by atoms with E-state index < -0.39 is 7.12 Å². The quantitative estimate of drug-likeness (QED) is 0.653. The molecule has 3 rings (SSSR count). The Labute approximate surface area is 92.4 Å². The Morgan fingerprint density at radius 2 is 2.19 bits per heavy atom. The standard InChI is InChI=1S/C10H11BN2O3/c14-11(15)7-1-2-9-10(3-7)13(6-12-9)8-4-16-5-8/h1-3,6,8,14-15H,4-5H2. The molecule has 1 aliphatic rings. The van der Waals surface area contributed by atoms with Crippen LogP contribution in [0.15, 0.2) is 24.5 Å². The van der Waals surface area contributed by atoms with Gasteiger partial charge in [0.1, 0.15) is 0 Å². The molecule has 2 heterocycles. The van der Waals surface area contributed by atoms with Gasteiger partial charge in [0, 0.05) is 0 Å². The van der Waals surface area contributed by atoms with Crippen LogP contribution in [0.25, 0.3) is 11.0 Å². The average molecular weight is 218 g/mol. The number of nitrogens with zero attached hydrogens (tertiary/aromatic N) is 2. The molecule has 5 nitrogen and oxygen atoms in total. The van der Waals surface area contributed by atoms with Crippen LogP contribution in [-0.4, -0.2) is 39.9 Å². The van der Waals surface area contributed by atoms with Crippen LogP contribution in [0.5, 0.6) is 0 Å². The predicted octanol–water partition coefficient (Wildman–Crippen LogP) is -0.713. The first-order valence-corrected chi connectivity index (χ1v) is 5.16. The molecule has 1 saturated heterocycles. The molecule has 1 fully saturated rings. The molecule has 0 saturated carbocycles. The Morgan fingerprint density at radius 1 is 1.38 bits per heavy atom. The summed E-state index contributed by atoms with van der Waals surface area (Å²) in [7, 11) is -1.44. The third-order valence-electron chi connectivity index (χ3n) is 2.91. The van der Waals surface area contributed by atoms with Gasteiger partial charge < -0.3 is 19.4 Å². The number of ether oxygens (including phenoxy) is 1. The van der Waals surface area contributed by atoms with E-state index in [9.17, 15) is 0 Å². The first-order chi connectivity index (χ1) is 7.75. The Balaban J connectivity index is 2.11. The molecular weight excluding hydrogens is 207 g/mol. The zero-order valence-corrected chi connectivity index (χ0v) is 8.58. The predicted molar refractivity (Wildman–Crippen MR) is 59.4 cm³/mol. The fourth-order valence-corrected chi connectivity index (χ4v) is 1.88. The Kier molecular flexibility index (Phi) is 2.20. The third kappa shape index (κ3) is 1.43. The van der Waals surface area contributed by atoms with Gasteiger partial charge in [-0.2, -0.15) is 0 Å². The minimum absolute atomic E-state index is 0.316. The zero-order valence-electron chi connectivity index (χ0n) is 8.58. The van der Waals surface area contributed by atoms with Crippen molar-refractivity contribution in [3.63, 3.8) is 0 Å². The largest absolute Gasteiger partial charge is 0.488 e. The van der Waals surface area contributed by atoms with Crippen LogP contribution < -0.4 is 5.46 Å². The van der Waals surface area contributed by atoms with Gasteiger partial charge >= 0.3 is 7.12 Å². The molecule has 2 aromatic rings. The maximum absolute atomic E-state index is 9.12. The van der Waals surface area contributed by atoms with E-state index in [1.54, 1.807) is 24.5 Å². The summed E-state index contributed by atoms with van der Waals surface area (Å²) in [5, 5.41) is 18.2. The molecule has 82 valence electrons. The van der Waals surface area contributed by atoms with Crippen LogP contribution in [0.2, 0.25) is 0 Å². The molecule has 0 unspecified atom stereocenters. The number of hydrogen-bond donors (Lipinski definition) is 2. The van der Waals surface area contributed by atoms with Crippen LogP contribution in [-0.2, 0) is 4.74 Å². The van der Waals surface area contributed by atoms with Crippen molar-refractivity contribution in [3.8, 4) is 0 Å². The van der Waals surface area contributed by atoms with E-state index in [0.29, 0.717) is 24.7 Å². The van der Waals surface area contributed by atoms with E-state index in [1.165, 1.54) is 0 Å². The maximum Gasteiger partial charge on any atom is 0.488 e. The third-order valence-corrected chi connectivity index (χ3v) is 2.91. The molecule has 0 amide bonds. The fourth-order valence-electron chi connectivity index (χ4n) is 1.88. The van der Waals surface area contributed by atoms with Gasteiger partial charge in [-0.3, -0.25) is 0 Å². The highest BCUT2D eigenvalue weighted by atomic mass is 16.5. The summed E-state index contributed by atoms with van der Waals surface area (Å²) in [6, 6.07) is 5.53. The summed E-state index contributed by atoms with van der Waals surface area (Å²) in [4.78, 5) is 4.27. The molecule has 0 bridgehead atoms. The smallest absolute Gasteiger partial charge is 0.423 e. The van der Waals surface area contributed by atoms with Gasteiger partial charge in [-0.1, -0.05) is 6.07 Å². The molecule has 6 heteroatoms. The average Bonchev–Trinajstić information content (AvgIpc) is 2.59. The fraction of sp³-hybridized carbons (Fsp3) is 0.300. The molecule has 0 aliphatic carbocycles. The van der Waals surface area contributed by atoms with Gasteiger partial charge in [0.2, 0.25) is 0 Å². The second-order valence-electron chi connectivity index (χ2n) is 3.96. The van der Waals surface area contributed by atoms with Crippen molar-refractivity contribution in [3.05, 3.63) is 24.5 Å². The Morgan fingerprint density at radius 3 is 2.81 bits per heavy atom. The number of aromatic nitrogens is 2. The number of benzene rings is 1. The lowest BCUT2D eigenvalue weighted by Gasteiger charge is -2.27. The molecule has 1 aromatic carbocycles. The first-order valence-electron chi connectivity index (χ1n) is 5.16. The second-order valence-corrected chi connectivity index (χ2v) is 3.96. The summed E-state index contributed by atoms with van der Waals surface area (Å²) in [6.07, 6.45) is 1.77. The van der Waals surface area contributed by atoms with Gasteiger partial charge in [0.15, 0.2) is 0 Å². The van der Waals surface area contributed by atoms with Crippen molar-refractivity contribution in [1.29, 1.82) is 0 Å². The van der Waals surface area contributed by atoms with Gasteiger partial charge in [-0.15, -0.1) is 0 Å². The summed E-state index contributed by atoms with van der Waals surface area (Å²) >= 11 is 0. The van der Waals surface area contributed by atoms with E-state index in [2.05, 4.69) is 4.98 Å². The highest BCUT2D eigenvalue weighted by Crippen LogP contribution is 2.22. The van der Waals surface area contributed by atoms with Gasteiger partial charge in [-0.25, -0.2) is 4.98 Å². The van der Waals surface area contributed by atoms with E-state index in [1.807, 2.05) is 4.57 Å². The zero-order chi connectivity index (χ0) is 11.1. The molecule has 1 aromatic heterocycles. The highest BCUT2D eigenvalue weighted by Gasteiger charge is 2.22. The number of imidazole rings is 1. The number of rotatable bonds is 2. The van der Waals surface area contributed by atoms with Crippen LogP contribution in [0.1, 0.15) is 6.04 Å². The summed E-state index contributed by atoms with van der Waals surface area (Å²) in [6.45, 7) is 1.38. The molecular formula is C10H11BN2O3. The minimum atomic E-state index is -1.44. The first kappa shape index (κ1) is 9.83. The molecule has 2 N–H and O–H groups in total. The van der Waals surface area contributed by atoms with Crippen LogP contribution in [0, 0.1) is 0 Å². The maximum atomic E-state index is 9.12. The molecule has 0 radical (unpaired) electrons. The van der Waals surface area contributed by atoms with Crippen molar-refractivity contribution >= 4 is 23.6 Å². The van der Waals surface area contributed by atoms with Crippen LogP contribution >= 0.6 is 0 Å². The van der Waals surface area contributed by atoms with Gasteiger partial charge in [-0.05, 0) is 17.6 Å². The highest BCUT2D eigenvalue weighted by molar-refractivity contribution is 6.58. The van der Waals surface area contributed by atoms with Crippen molar-refractivity contribution in [1.82, 2.24) is 9.55 Å². The van der Waals surface area contributed by atoms with Crippen LogP contribution in [0.4, 0.5) is 0 Å². The topological polar surface area (TPSA) is 67.5 Å². The van der Waals surface area contributed by atoms with Crippen molar-refractivity contribution in [2.45, 2.75) is 6.04 Å². The lowest BCUT2D eigenvalue weighted by molar-refractivity contribution is -0.0216. The van der Waals surface area contributed by atoms with Crippen molar-refractivity contribution in [2.75, 3.05) is 13.2 Å². The summed E-state index contributed by atoms with van der Waals surface area (Å²) in [5.41, 5.74) is 2.25. The van der Waals surface area contributed by atoms with Crippen LogP contribution in [0.3, 0.4) is 0 Å². The minimum Gasteiger partial charge on any atom is -0.423 e. The summed E-state index contributed by atoms with van der Waals surface area (Å²) in [5.74, 6) is 0. The van der Waals surface area contributed by atoms with Crippen molar-refractivity contribution in [2.24, 2.45) is 0 Å².